The Hall–Kier alpha value is -1.00. The molecular weight excluding hydrogens is 238 g/mol. The summed E-state index contributed by atoms with van der Waals surface area (Å²) < 4.78 is 6.08. The van der Waals surface area contributed by atoms with Crippen LogP contribution in [0.15, 0.2) is 12.3 Å². The maximum atomic E-state index is 6.08. The van der Waals surface area contributed by atoms with E-state index < -0.39 is 0 Å². The lowest BCUT2D eigenvalue weighted by Gasteiger charge is -2.37. The molecule has 0 amide bonds. The van der Waals surface area contributed by atoms with Gasteiger partial charge in [-0.2, -0.15) is 0 Å². The maximum Gasteiger partial charge on any atom is 0.160 e. The summed E-state index contributed by atoms with van der Waals surface area (Å²) in [5.74, 6) is 1.63. The summed E-state index contributed by atoms with van der Waals surface area (Å²) in [6.45, 7) is 5.68. The van der Waals surface area contributed by atoms with Gasteiger partial charge in [-0.25, -0.2) is 9.97 Å². The highest BCUT2D eigenvalue weighted by atomic mass is 16.5. The number of nitrogens with two attached hydrogens (primary N) is 1. The Morgan fingerprint density at radius 1 is 1.42 bits per heavy atom. The van der Waals surface area contributed by atoms with Gasteiger partial charge in [-0.15, -0.1) is 0 Å². The van der Waals surface area contributed by atoms with Crippen LogP contribution >= 0.6 is 0 Å². The minimum atomic E-state index is -0.272. The summed E-state index contributed by atoms with van der Waals surface area (Å²) in [6, 6.07) is 1.95. The second-order valence-electron chi connectivity index (χ2n) is 5.52. The number of rotatable bonds is 5. The third kappa shape index (κ3) is 3.31. The molecule has 0 radical (unpaired) electrons. The van der Waals surface area contributed by atoms with E-state index in [0.717, 1.165) is 36.7 Å². The summed E-state index contributed by atoms with van der Waals surface area (Å²) in [5, 5.41) is 0. The van der Waals surface area contributed by atoms with Gasteiger partial charge in [0, 0.05) is 24.9 Å². The lowest BCUT2D eigenvalue weighted by molar-refractivity contribution is -0.0838. The van der Waals surface area contributed by atoms with Crippen LogP contribution in [0.25, 0.3) is 0 Å². The summed E-state index contributed by atoms with van der Waals surface area (Å²) in [5.41, 5.74) is 6.35. The number of hydrogen-bond donors (Lipinski definition) is 1. The van der Waals surface area contributed by atoms with Gasteiger partial charge in [0.2, 0.25) is 0 Å². The van der Waals surface area contributed by atoms with Crippen LogP contribution < -0.4 is 5.73 Å². The highest BCUT2D eigenvalue weighted by Gasteiger charge is 2.39. The molecule has 4 nitrogen and oxygen atoms in total. The third-order valence-corrected chi connectivity index (χ3v) is 4.02. The highest BCUT2D eigenvalue weighted by molar-refractivity contribution is 5.10. The smallest absolute Gasteiger partial charge is 0.160 e. The molecular formula is C15H25N3O. The first-order valence-electron chi connectivity index (χ1n) is 7.36. The van der Waals surface area contributed by atoms with Crippen molar-refractivity contribution >= 4 is 0 Å². The molecule has 0 aromatic carbocycles. The van der Waals surface area contributed by atoms with E-state index in [1.165, 1.54) is 12.8 Å². The minimum Gasteiger partial charge on any atom is -0.367 e. The standard InChI is InChI=1S/C15H25N3O/c1-3-19-15(8-4-12(2)5-9-15)14-17-11-7-13(18-14)6-10-16/h7,11-12H,3-6,8-10,16H2,1-2H3. The number of ether oxygens (including phenoxy) is 1. The third-order valence-electron chi connectivity index (χ3n) is 4.02. The van der Waals surface area contributed by atoms with Crippen LogP contribution in [0.5, 0.6) is 0 Å². The largest absolute Gasteiger partial charge is 0.367 e. The maximum absolute atomic E-state index is 6.08. The van der Waals surface area contributed by atoms with Crippen LogP contribution in [-0.4, -0.2) is 23.1 Å². The van der Waals surface area contributed by atoms with Crippen molar-refractivity contribution in [3.05, 3.63) is 23.8 Å². The van der Waals surface area contributed by atoms with Gasteiger partial charge in [-0.05, 0) is 51.1 Å². The molecule has 1 aliphatic carbocycles. The van der Waals surface area contributed by atoms with Crippen LogP contribution in [0.1, 0.15) is 51.0 Å². The van der Waals surface area contributed by atoms with Crippen molar-refractivity contribution in [2.45, 2.75) is 51.6 Å². The molecule has 0 bridgehead atoms. The molecule has 1 heterocycles. The summed E-state index contributed by atoms with van der Waals surface area (Å²) in [6.07, 6.45) is 7.05. The van der Waals surface area contributed by atoms with E-state index in [0.29, 0.717) is 13.2 Å². The van der Waals surface area contributed by atoms with Gasteiger partial charge in [0.1, 0.15) is 5.60 Å². The molecule has 2 N–H and O–H groups in total. The van der Waals surface area contributed by atoms with E-state index in [1.807, 2.05) is 19.2 Å². The first-order chi connectivity index (χ1) is 9.20. The van der Waals surface area contributed by atoms with Gasteiger partial charge < -0.3 is 10.5 Å². The molecule has 1 fully saturated rings. The fraction of sp³-hybridized carbons (Fsp3) is 0.733. The van der Waals surface area contributed by atoms with Crippen molar-refractivity contribution in [1.82, 2.24) is 9.97 Å². The zero-order valence-corrected chi connectivity index (χ0v) is 12.1. The average molecular weight is 263 g/mol. The van der Waals surface area contributed by atoms with Gasteiger partial charge >= 0.3 is 0 Å². The van der Waals surface area contributed by atoms with Crippen molar-refractivity contribution in [2.24, 2.45) is 11.7 Å². The quantitative estimate of drug-likeness (QED) is 0.886. The molecule has 1 saturated carbocycles. The van der Waals surface area contributed by atoms with Crippen molar-refractivity contribution in [1.29, 1.82) is 0 Å². The summed E-state index contributed by atoms with van der Waals surface area (Å²) in [7, 11) is 0. The molecule has 1 aromatic rings. The van der Waals surface area contributed by atoms with Crippen LogP contribution in [0.4, 0.5) is 0 Å². The number of nitrogens with zero attached hydrogens (tertiary/aromatic N) is 2. The molecule has 1 aliphatic rings. The van der Waals surface area contributed by atoms with E-state index in [-0.39, 0.29) is 5.60 Å². The van der Waals surface area contributed by atoms with Crippen LogP contribution in [0, 0.1) is 5.92 Å². The topological polar surface area (TPSA) is 61.0 Å². The Kier molecular flexibility index (Phi) is 4.88. The van der Waals surface area contributed by atoms with E-state index >= 15 is 0 Å². The van der Waals surface area contributed by atoms with E-state index in [1.54, 1.807) is 0 Å². The number of hydrogen-bond acceptors (Lipinski definition) is 4. The predicted molar refractivity (Wildman–Crippen MR) is 75.7 cm³/mol. The van der Waals surface area contributed by atoms with E-state index in [9.17, 15) is 0 Å². The molecule has 106 valence electrons. The van der Waals surface area contributed by atoms with Gasteiger partial charge in [-0.1, -0.05) is 6.92 Å². The second-order valence-corrected chi connectivity index (χ2v) is 5.52. The van der Waals surface area contributed by atoms with Gasteiger partial charge in [0.25, 0.3) is 0 Å². The average Bonchev–Trinajstić information content (AvgIpc) is 2.43. The molecule has 2 rings (SSSR count). The van der Waals surface area contributed by atoms with Crippen molar-refractivity contribution in [3.63, 3.8) is 0 Å². The van der Waals surface area contributed by atoms with E-state index in [2.05, 4.69) is 16.9 Å². The van der Waals surface area contributed by atoms with Crippen LogP contribution in [0.3, 0.4) is 0 Å². The minimum absolute atomic E-state index is 0.272. The number of aromatic nitrogens is 2. The normalized spacial score (nSPS) is 27.4. The molecule has 1 aromatic heterocycles. The van der Waals surface area contributed by atoms with Crippen molar-refractivity contribution < 1.29 is 4.74 Å². The Morgan fingerprint density at radius 3 is 2.79 bits per heavy atom. The fourth-order valence-corrected chi connectivity index (χ4v) is 2.84. The van der Waals surface area contributed by atoms with E-state index in [4.69, 9.17) is 10.5 Å². The first kappa shape index (κ1) is 14.4. The van der Waals surface area contributed by atoms with Gasteiger partial charge in [0.15, 0.2) is 5.82 Å². The van der Waals surface area contributed by atoms with Gasteiger partial charge in [-0.3, -0.25) is 0 Å². The lowest BCUT2D eigenvalue weighted by Crippen LogP contribution is -2.36. The Labute approximate surface area is 115 Å². The first-order valence-corrected chi connectivity index (χ1v) is 7.36. The second kappa shape index (κ2) is 6.44. The summed E-state index contributed by atoms with van der Waals surface area (Å²) in [4.78, 5) is 9.17. The molecule has 0 atom stereocenters. The van der Waals surface area contributed by atoms with Crippen molar-refractivity contribution in [2.75, 3.05) is 13.2 Å². The van der Waals surface area contributed by atoms with Gasteiger partial charge in [0.05, 0.1) is 0 Å². The Bertz CT molecular complexity index is 400. The predicted octanol–water partition coefficient (Wildman–Crippen LogP) is 2.42. The van der Waals surface area contributed by atoms with Crippen molar-refractivity contribution in [3.8, 4) is 0 Å². The zero-order chi connectivity index (χ0) is 13.7. The molecule has 19 heavy (non-hydrogen) atoms. The molecule has 0 unspecified atom stereocenters. The van der Waals surface area contributed by atoms with Crippen LogP contribution in [0.2, 0.25) is 0 Å². The zero-order valence-electron chi connectivity index (χ0n) is 12.1. The molecule has 0 aliphatic heterocycles. The monoisotopic (exact) mass is 263 g/mol. The van der Waals surface area contributed by atoms with Crippen LogP contribution in [-0.2, 0) is 16.8 Å². The Morgan fingerprint density at radius 2 is 2.16 bits per heavy atom. The SMILES string of the molecule is CCOC1(c2nccc(CCN)n2)CCC(C)CC1. The Balaban J connectivity index is 2.25. The fourth-order valence-electron chi connectivity index (χ4n) is 2.84. The summed E-state index contributed by atoms with van der Waals surface area (Å²) >= 11 is 0. The lowest BCUT2D eigenvalue weighted by atomic mass is 9.79. The molecule has 0 spiro atoms. The molecule has 0 saturated heterocycles. The highest BCUT2D eigenvalue weighted by Crippen LogP contribution is 2.40. The molecule has 4 heteroatoms.